The Morgan fingerprint density at radius 2 is 1.74 bits per heavy atom. The molecule has 0 aliphatic rings. The number of nitrogens with one attached hydrogen (secondary N) is 1. The van der Waals surface area contributed by atoms with Crippen LogP contribution in [0.3, 0.4) is 0 Å². The molecule has 1 rings (SSSR count). The van der Waals surface area contributed by atoms with Crippen LogP contribution in [0.25, 0.3) is 0 Å². The Bertz CT molecular complexity index is 560. The lowest BCUT2D eigenvalue weighted by Gasteiger charge is -2.27. The second-order valence-corrected chi connectivity index (χ2v) is 6.93. The molecule has 0 radical (unpaired) electrons. The summed E-state index contributed by atoms with van der Waals surface area (Å²) in [7, 11) is -4.00. The molecule has 1 aromatic rings. The number of benzene rings is 1. The van der Waals surface area contributed by atoms with E-state index in [4.69, 9.17) is 5.11 Å². The summed E-state index contributed by atoms with van der Waals surface area (Å²) in [5.41, 5.74) is -0.793. The van der Waals surface area contributed by atoms with Crippen LogP contribution in [0.2, 0.25) is 0 Å². The third kappa shape index (κ3) is 4.00. The van der Waals surface area contributed by atoms with Crippen molar-refractivity contribution in [3.63, 3.8) is 0 Å². The highest BCUT2D eigenvalue weighted by Gasteiger charge is 2.35. The van der Waals surface area contributed by atoms with Crippen LogP contribution in [-0.2, 0) is 14.8 Å². The lowest BCUT2D eigenvalue weighted by atomic mass is 9.88. The minimum absolute atomic E-state index is 0.176. The van der Waals surface area contributed by atoms with Gasteiger partial charge in [0, 0.05) is 0 Å². The molecule has 1 aromatic carbocycles. The Morgan fingerprint density at radius 3 is 2.11 bits per heavy atom. The molecule has 0 amide bonds. The number of hydrogen-bond acceptors (Lipinski definition) is 3. The fourth-order valence-corrected chi connectivity index (χ4v) is 2.83. The highest BCUT2D eigenvalue weighted by Crippen LogP contribution is 2.21. The van der Waals surface area contributed by atoms with Crippen LogP contribution in [0.1, 0.15) is 20.8 Å². The van der Waals surface area contributed by atoms with E-state index in [1.165, 1.54) is 0 Å². The summed E-state index contributed by atoms with van der Waals surface area (Å²) in [5.74, 6) is -1.83. The molecule has 0 fully saturated rings. The Morgan fingerprint density at radius 1 is 1.26 bits per heavy atom. The average molecular weight is 289 g/mol. The molecule has 0 spiro atoms. The minimum atomic E-state index is -4.00. The number of carbonyl (C=O) groups is 1. The van der Waals surface area contributed by atoms with Crippen LogP contribution in [0.15, 0.2) is 29.2 Å². The molecule has 0 aromatic heterocycles. The Balaban J connectivity index is 3.08. The molecule has 0 aliphatic carbocycles. The van der Waals surface area contributed by atoms with Gasteiger partial charge in [-0.1, -0.05) is 20.8 Å². The molecule has 0 saturated heterocycles. The number of carboxylic acids is 1. The lowest BCUT2D eigenvalue weighted by Crippen LogP contribution is -2.48. The van der Waals surface area contributed by atoms with Crippen molar-refractivity contribution >= 4 is 16.0 Å². The standard InChI is InChI=1S/C12H16FNO4S/c1-12(2,3)10(11(15)16)14-19(17,18)9-6-4-8(13)5-7-9/h4-7,10,14H,1-3H3,(H,15,16)/t10-/m0/s1. The summed E-state index contributed by atoms with van der Waals surface area (Å²) in [6.07, 6.45) is 0. The first kappa shape index (κ1) is 15.6. The third-order valence-corrected chi connectivity index (χ3v) is 3.95. The van der Waals surface area contributed by atoms with Crippen LogP contribution in [0.5, 0.6) is 0 Å². The average Bonchev–Trinajstić information content (AvgIpc) is 2.24. The predicted molar refractivity (Wildman–Crippen MR) is 67.6 cm³/mol. The minimum Gasteiger partial charge on any atom is -0.480 e. The van der Waals surface area contributed by atoms with E-state index >= 15 is 0 Å². The normalized spacial score (nSPS) is 14.1. The van der Waals surface area contributed by atoms with E-state index < -0.39 is 33.3 Å². The van der Waals surface area contributed by atoms with E-state index in [2.05, 4.69) is 4.72 Å². The van der Waals surface area contributed by atoms with E-state index in [1.807, 2.05) is 0 Å². The van der Waals surface area contributed by atoms with E-state index in [9.17, 15) is 17.6 Å². The highest BCUT2D eigenvalue weighted by molar-refractivity contribution is 7.89. The monoisotopic (exact) mass is 289 g/mol. The maximum absolute atomic E-state index is 12.7. The number of carboxylic acid groups (broad SMARTS) is 1. The van der Waals surface area contributed by atoms with Crippen molar-refractivity contribution in [1.29, 1.82) is 0 Å². The molecule has 7 heteroatoms. The van der Waals surface area contributed by atoms with Crippen LogP contribution in [-0.4, -0.2) is 25.5 Å². The van der Waals surface area contributed by atoms with Crippen molar-refractivity contribution < 1.29 is 22.7 Å². The topological polar surface area (TPSA) is 83.5 Å². The predicted octanol–water partition coefficient (Wildman–Crippen LogP) is 1.60. The van der Waals surface area contributed by atoms with Crippen molar-refractivity contribution in [1.82, 2.24) is 4.72 Å². The number of aliphatic carboxylic acids is 1. The molecular formula is C12H16FNO4S. The molecule has 0 saturated carbocycles. The van der Waals surface area contributed by atoms with Gasteiger partial charge in [-0.25, -0.2) is 12.8 Å². The van der Waals surface area contributed by atoms with Gasteiger partial charge >= 0.3 is 5.97 Å². The fourth-order valence-electron chi connectivity index (χ4n) is 1.43. The Labute approximate surface area is 111 Å². The van der Waals surface area contributed by atoms with Crippen LogP contribution in [0, 0.1) is 11.2 Å². The zero-order valence-electron chi connectivity index (χ0n) is 10.8. The van der Waals surface area contributed by atoms with Crippen molar-refractivity contribution in [2.75, 3.05) is 0 Å². The maximum Gasteiger partial charge on any atom is 0.322 e. The van der Waals surface area contributed by atoms with Crippen LogP contribution in [0.4, 0.5) is 4.39 Å². The van der Waals surface area contributed by atoms with Gasteiger partial charge in [-0.05, 0) is 29.7 Å². The SMILES string of the molecule is CC(C)(C)[C@@H](NS(=O)(=O)c1ccc(F)cc1)C(=O)O. The third-order valence-electron chi connectivity index (χ3n) is 2.51. The van der Waals surface area contributed by atoms with E-state index in [1.54, 1.807) is 20.8 Å². The molecule has 0 unspecified atom stereocenters. The van der Waals surface area contributed by atoms with Gasteiger partial charge < -0.3 is 5.11 Å². The summed E-state index contributed by atoms with van der Waals surface area (Å²) >= 11 is 0. The van der Waals surface area contributed by atoms with E-state index in [0.717, 1.165) is 24.3 Å². The molecule has 0 heterocycles. The molecule has 0 aliphatic heterocycles. The molecule has 19 heavy (non-hydrogen) atoms. The van der Waals surface area contributed by atoms with Gasteiger partial charge in [-0.3, -0.25) is 4.79 Å². The quantitative estimate of drug-likeness (QED) is 0.882. The second-order valence-electron chi connectivity index (χ2n) is 5.21. The van der Waals surface area contributed by atoms with Crippen molar-refractivity contribution in [3.8, 4) is 0 Å². The zero-order chi connectivity index (χ0) is 14.8. The molecule has 5 nitrogen and oxygen atoms in total. The summed E-state index contributed by atoms with van der Waals surface area (Å²) in [6.45, 7) is 4.83. The molecule has 1 atom stereocenters. The molecular weight excluding hydrogens is 273 g/mol. The molecule has 106 valence electrons. The van der Waals surface area contributed by atoms with Crippen LogP contribution >= 0.6 is 0 Å². The second kappa shape index (κ2) is 5.26. The number of hydrogen-bond donors (Lipinski definition) is 2. The van der Waals surface area contributed by atoms with E-state index in [-0.39, 0.29) is 4.90 Å². The zero-order valence-corrected chi connectivity index (χ0v) is 11.7. The Kier molecular flexibility index (Phi) is 4.32. The molecule has 0 bridgehead atoms. The highest BCUT2D eigenvalue weighted by atomic mass is 32.2. The summed E-state index contributed by atoms with van der Waals surface area (Å²) in [4.78, 5) is 10.9. The number of halogens is 1. The van der Waals surface area contributed by atoms with Crippen molar-refractivity contribution in [2.45, 2.75) is 31.7 Å². The van der Waals surface area contributed by atoms with Gasteiger partial charge in [0.1, 0.15) is 11.9 Å². The summed E-state index contributed by atoms with van der Waals surface area (Å²) in [6, 6.07) is 2.89. The fraction of sp³-hybridized carbons (Fsp3) is 0.417. The summed E-state index contributed by atoms with van der Waals surface area (Å²) in [5, 5.41) is 9.08. The lowest BCUT2D eigenvalue weighted by molar-refractivity contribution is -0.141. The Hall–Kier alpha value is -1.47. The van der Waals surface area contributed by atoms with Gasteiger partial charge in [0.25, 0.3) is 0 Å². The number of rotatable bonds is 4. The first-order valence-electron chi connectivity index (χ1n) is 5.55. The number of sulfonamides is 1. The maximum atomic E-state index is 12.7. The van der Waals surface area contributed by atoms with Gasteiger partial charge in [-0.2, -0.15) is 4.72 Å². The van der Waals surface area contributed by atoms with E-state index in [0.29, 0.717) is 0 Å². The smallest absolute Gasteiger partial charge is 0.322 e. The van der Waals surface area contributed by atoms with Gasteiger partial charge in [0.2, 0.25) is 10.0 Å². The summed E-state index contributed by atoms with van der Waals surface area (Å²) < 4.78 is 38.9. The first-order chi connectivity index (χ1) is 8.54. The molecule has 2 N–H and O–H groups in total. The van der Waals surface area contributed by atoms with Crippen molar-refractivity contribution in [2.24, 2.45) is 5.41 Å². The van der Waals surface area contributed by atoms with Gasteiger partial charge in [-0.15, -0.1) is 0 Å². The van der Waals surface area contributed by atoms with Gasteiger partial charge in [0.15, 0.2) is 0 Å². The van der Waals surface area contributed by atoms with Gasteiger partial charge in [0.05, 0.1) is 4.90 Å². The first-order valence-corrected chi connectivity index (χ1v) is 7.03. The largest absolute Gasteiger partial charge is 0.480 e. The van der Waals surface area contributed by atoms with Crippen LogP contribution < -0.4 is 4.72 Å². The van der Waals surface area contributed by atoms with Crippen molar-refractivity contribution in [3.05, 3.63) is 30.1 Å².